The monoisotopic (exact) mass is 342 g/mol. The zero-order valence-corrected chi connectivity index (χ0v) is 14.9. The first kappa shape index (κ1) is 17.5. The number of anilines is 1. The normalized spacial score (nSPS) is 17.4. The molecule has 1 aliphatic heterocycles. The van der Waals surface area contributed by atoms with Crippen LogP contribution in [0.25, 0.3) is 0 Å². The standard InChI is InChI=1S/C19H26N4O2/c1-3-25-18(24)16-14-23(21-17(16)20)19(2)9-11-22(12-10-19)13-15-7-5-4-6-8-15/h4-8,14H,3,9-13H2,1-2H3,(H2,20,21). The number of ether oxygens (including phenoxy) is 1. The van der Waals surface area contributed by atoms with Crippen molar-refractivity contribution in [1.82, 2.24) is 14.7 Å². The maximum absolute atomic E-state index is 12.0. The van der Waals surface area contributed by atoms with Crippen molar-refractivity contribution < 1.29 is 9.53 Å². The number of carbonyl (C=O) groups is 1. The number of hydrogen-bond donors (Lipinski definition) is 1. The van der Waals surface area contributed by atoms with Crippen molar-refractivity contribution in [3.63, 3.8) is 0 Å². The molecular weight excluding hydrogens is 316 g/mol. The van der Waals surface area contributed by atoms with Crippen LogP contribution in [0, 0.1) is 0 Å². The van der Waals surface area contributed by atoms with Crippen LogP contribution in [0.3, 0.4) is 0 Å². The smallest absolute Gasteiger partial charge is 0.343 e. The van der Waals surface area contributed by atoms with Crippen molar-refractivity contribution in [3.8, 4) is 0 Å². The second-order valence-corrected chi connectivity index (χ2v) is 6.85. The second kappa shape index (κ2) is 7.27. The molecule has 134 valence electrons. The third-order valence-corrected chi connectivity index (χ3v) is 4.97. The van der Waals surface area contributed by atoms with Gasteiger partial charge in [0, 0.05) is 25.8 Å². The van der Waals surface area contributed by atoms with E-state index in [9.17, 15) is 4.79 Å². The quantitative estimate of drug-likeness (QED) is 0.846. The van der Waals surface area contributed by atoms with Gasteiger partial charge in [0.2, 0.25) is 0 Å². The van der Waals surface area contributed by atoms with Crippen molar-refractivity contribution >= 4 is 11.8 Å². The third kappa shape index (κ3) is 3.85. The molecule has 1 aromatic heterocycles. The van der Waals surface area contributed by atoms with E-state index in [1.807, 2.05) is 10.7 Å². The number of nitrogen functional groups attached to an aromatic ring is 1. The fourth-order valence-corrected chi connectivity index (χ4v) is 3.29. The van der Waals surface area contributed by atoms with Gasteiger partial charge < -0.3 is 10.5 Å². The number of rotatable bonds is 5. The SMILES string of the molecule is CCOC(=O)c1cn(C2(C)CCN(Cc3ccccc3)CC2)nc1N. The number of aromatic nitrogens is 2. The summed E-state index contributed by atoms with van der Waals surface area (Å²) in [6.45, 7) is 7.22. The van der Waals surface area contributed by atoms with Gasteiger partial charge in [0.15, 0.2) is 5.82 Å². The third-order valence-electron chi connectivity index (χ3n) is 4.97. The first-order valence-corrected chi connectivity index (χ1v) is 8.81. The Bertz CT molecular complexity index is 718. The highest BCUT2D eigenvalue weighted by Gasteiger charge is 2.33. The lowest BCUT2D eigenvalue weighted by molar-refractivity contribution is 0.0526. The van der Waals surface area contributed by atoms with Crippen LogP contribution in [0.4, 0.5) is 5.82 Å². The number of nitrogens with two attached hydrogens (primary N) is 1. The molecule has 2 aromatic rings. The first-order valence-electron chi connectivity index (χ1n) is 8.81. The van der Waals surface area contributed by atoms with Gasteiger partial charge in [-0.15, -0.1) is 0 Å². The van der Waals surface area contributed by atoms with Crippen LogP contribution < -0.4 is 5.73 Å². The van der Waals surface area contributed by atoms with Gasteiger partial charge in [-0.1, -0.05) is 30.3 Å². The van der Waals surface area contributed by atoms with Gasteiger partial charge in [0.25, 0.3) is 0 Å². The minimum absolute atomic E-state index is 0.133. The van der Waals surface area contributed by atoms with Crippen molar-refractivity contribution in [2.75, 3.05) is 25.4 Å². The molecule has 0 aliphatic carbocycles. The summed E-state index contributed by atoms with van der Waals surface area (Å²) >= 11 is 0. The summed E-state index contributed by atoms with van der Waals surface area (Å²) in [6, 6.07) is 10.5. The molecule has 6 nitrogen and oxygen atoms in total. The Morgan fingerprint density at radius 1 is 1.28 bits per heavy atom. The van der Waals surface area contributed by atoms with E-state index in [4.69, 9.17) is 10.5 Å². The van der Waals surface area contributed by atoms with Gasteiger partial charge in [-0.25, -0.2) is 4.79 Å². The van der Waals surface area contributed by atoms with E-state index < -0.39 is 5.97 Å². The molecular formula is C19H26N4O2. The van der Waals surface area contributed by atoms with Gasteiger partial charge in [-0.05, 0) is 32.3 Å². The van der Waals surface area contributed by atoms with Crippen molar-refractivity contribution in [2.45, 2.75) is 38.8 Å². The molecule has 2 heterocycles. The highest BCUT2D eigenvalue weighted by atomic mass is 16.5. The van der Waals surface area contributed by atoms with Gasteiger partial charge in [-0.2, -0.15) is 5.10 Å². The van der Waals surface area contributed by atoms with E-state index in [-0.39, 0.29) is 11.4 Å². The largest absolute Gasteiger partial charge is 0.462 e. The molecule has 0 spiro atoms. The van der Waals surface area contributed by atoms with Crippen LogP contribution in [0.15, 0.2) is 36.5 Å². The number of benzene rings is 1. The van der Waals surface area contributed by atoms with Crippen molar-refractivity contribution in [3.05, 3.63) is 47.7 Å². The Balaban J connectivity index is 1.66. The van der Waals surface area contributed by atoms with Crippen LogP contribution >= 0.6 is 0 Å². The lowest BCUT2D eigenvalue weighted by Gasteiger charge is -2.39. The lowest BCUT2D eigenvalue weighted by atomic mass is 9.89. The van der Waals surface area contributed by atoms with Gasteiger partial charge >= 0.3 is 5.97 Å². The number of likely N-dealkylation sites (tertiary alicyclic amines) is 1. The van der Waals surface area contributed by atoms with Crippen LogP contribution in [0.1, 0.15) is 42.6 Å². The second-order valence-electron chi connectivity index (χ2n) is 6.85. The molecule has 2 N–H and O–H groups in total. The van der Waals surface area contributed by atoms with E-state index in [0.29, 0.717) is 12.2 Å². The average Bonchev–Trinajstić information content (AvgIpc) is 3.01. The Kier molecular flexibility index (Phi) is 5.08. The highest BCUT2D eigenvalue weighted by Crippen LogP contribution is 2.31. The number of hydrogen-bond acceptors (Lipinski definition) is 5. The number of esters is 1. The topological polar surface area (TPSA) is 73.4 Å². The van der Waals surface area contributed by atoms with E-state index in [0.717, 1.165) is 32.5 Å². The first-order chi connectivity index (χ1) is 12.0. The van der Waals surface area contributed by atoms with Gasteiger partial charge in [0.1, 0.15) is 5.56 Å². The van der Waals surface area contributed by atoms with E-state index in [1.54, 1.807) is 13.1 Å². The summed E-state index contributed by atoms with van der Waals surface area (Å²) in [7, 11) is 0. The fourth-order valence-electron chi connectivity index (χ4n) is 3.29. The van der Waals surface area contributed by atoms with E-state index in [1.165, 1.54) is 5.56 Å². The van der Waals surface area contributed by atoms with Crippen LogP contribution in [-0.4, -0.2) is 40.3 Å². The molecule has 1 aliphatic rings. The van der Waals surface area contributed by atoms with Gasteiger partial charge in [0.05, 0.1) is 12.1 Å². The summed E-state index contributed by atoms with van der Waals surface area (Å²) in [4.78, 5) is 14.4. The molecule has 0 amide bonds. The minimum atomic E-state index is -0.406. The number of piperidine rings is 1. The Labute approximate surface area is 148 Å². The van der Waals surface area contributed by atoms with Crippen LogP contribution in [-0.2, 0) is 16.8 Å². The molecule has 0 unspecified atom stereocenters. The predicted octanol–water partition coefficient (Wildman–Crippen LogP) is 2.65. The summed E-state index contributed by atoms with van der Waals surface area (Å²) in [6.07, 6.45) is 3.66. The van der Waals surface area contributed by atoms with E-state index >= 15 is 0 Å². The van der Waals surface area contributed by atoms with Crippen molar-refractivity contribution in [2.24, 2.45) is 0 Å². The zero-order chi connectivity index (χ0) is 17.9. The molecule has 0 radical (unpaired) electrons. The molecule has 0 atom stereocenters. The molecule has 1 saturated heterocycles. The molecule has 0 saturated carbocycles. The van der Waals surface area contributed by atoms with E-state index in [2.05, 4.69) is 41.2 Å². The number of nitrogens with zero attached hydrogens (tertiary/aromatic N) is 3. The zero-order valence-electron chi connectivity index (χ0n) is 14.9. The summed E-state index contributed by atoms with van der Waals surface area (Å²) in [5, 5.41) is 4.39. The summed E-state index contributed by atoms with van der Waals surface area (Å²) in [5.41, 5.74) is 7.48. The highest BCUT2D eigenvalue weighted by molar-refractivity contribution is 5.93. The maximum Gasteiger partial charge on any atom is 0.343 e. The molecule has 6 heteroatoms. The lowest BCUT2D eigenvalue weighted by Crippen LogP contribution is -2.44. The molecule has 1 fully saturated rings. The molecule has 0 bridgehead atoms. The Morgan fingerprint density at radius 3 is 2.60 bits per heavy atom. The molecule has 3 rings (SSSR count). The van der Waals surface area contributed by atoms with Crippen LogP contribution in [0.5, 0.6) is 0 Å². The average molecular weight is 342 g/mol. The number of carbonyl (C=O) groups excluding carboxylic acids is 1. The summed E-state index contributed by atoms with van der Waals surface area (Å²) < 4.78 is 6.90. The molecule has 25 heavy (non-hydrogen) atoms. The molecule has 1 aromatic carbocycles. The Hall–Kier alpha value is -2.34. The summed E-state index contributed by atoms with van der Waals surface area (Å²) in [5.74, 6) is -0.164. The van der Waals surface area contributed by atoms with Crippen LogP contribution in [0.2, 0.25) is 0 Å². The van der Waals surface area contributed by atoms with Crippen molar-refractivity contribution in [1.29, 1.82) is 0 Å². The fraction of sp³-hybridized carbons (Fsp3) is 0.474. The Morgan fingerprint density at radius 2 is 1.96 bits per heavy atom. The van der Waals surface area contributed by atoms with Gasteiger partial charge in [-0.3, -0.25) is 9.58 Å². The maximum atomic E-state index is 12.0. The minimum Gasteiger partial charge on any atom is -0.462 e. The predicted molar refractivity (Wildman–Crippen MR) is 97.2 cm³/mol.